The number of hydrogen-bond donors (Lipinski definition) is 1. The molecule has 3 aromatic carbocycles. The normalized spacial score (nSPS) is 12.7. The van der Waals surface area contributed by atoms with Crippen LogP contribution in [0.5, 0.6) is 5.75 Å². The van der Waals surface area contributed by atoms with Crippen LogP contribution in [0.2, 0.25) is 0 Å². The molecule has 1 N–H and O–H groups in total. The van der Waals surface area contributed by atoms with Gasteiger partial charge in [-0.3, -0.25) is 4.57 Å². The van der Waals surface area contributed by atoms with Gasteiger partial charge in [-0.15, -0.1) is 29.6 Å². The van der Waals surface area contributed by atoms with Gasteiger partial charge in [-0.1, -0.05) is 49.4 Å². The van der Waals surface area contributed by atoms with Crippen molar-refractivity contribution in [2.45, 2.75) is 52.8 Å². The van der Waals surface area contributed by atoms with Crippen LogP contribution >= 0.6 is 11.3 Å². The molecule has 2 amide bonds. The van der Waals surface area contributed by atoms with E-state index in [1.165, 1.54) is 46.6 Å². The molecule has 5 rings (SSSR count). The van der Waals surface area contributed by atoms with Crippen molar-refractivity contribution >= 4 is 17.4 Å². The lowest BCUT2D eigenvalue weighted by atomic mass is 9.95. The summed E-state index contributed by atoms with van der Waals surface area (Å²) in [4.78, 5) is 22.0. The topological polar surface area (TPSA) is 86.3 Å². The van der Waals surface area contributed by atoms with E-state index in [4.69, 9.17) is 0 Å². The molecule has 0 saturated heterocycles. The second kappa shape index (κ2) is 13.5. The highest BCUT2D eigenvalue weighted by atomic mass is 32.1. The van der Waals surface area contributed by atoms with Crippen LogP contribution in [0.25, 0.3) is 22.8 Å². The van der Waals surface area contributed by atoms with Gasteiger partial charge in [0.05, 0.1) is 11.4 Å². The van der Waals surface area contributed by atoms with Crippen LogP contribution in [0.4, 0.5) is 18.0 Å². The van der Waals surface area contributed by atoms with Gasteiger partial charge in [-0.2, -0.15) is 4.99 Å². The zero-order chi connectivity index (χ0) is 32.1. The van der Waals surface area contributed by atoms with Crippen molar-refractivity contribution in [3.05, 3.63) is 106 Å². The third-order valence-electron chi connectivity index (χ3n) is 7.39. The molecule has 8 nitrogen and oxygen atoms in total. The van der Waals surface area contributed by atoms with Gasteiger partial charge < -0.3 is 10.1 Å². The highest BCUT2D eigenvalue weighted by Crippen LogP contribution is 2.26. The Labute approximate surface area is 262 Å². The van der Waals surface area contributed by atoms with Gasteiger partial charge in [0, 0.05) is 23.2 Å². The van der Waals surface area contributed by atoms with Gasteiger partial charge in [0.1, 0.15) is 12.1 Å². The summed E-state index contributed by atoms with van der Waals surface area (Å²) in [5, 5.41) is 9.39. The fourth-order valence-corrected chi connectivity index (χ4v) is 5.94. The van der Waals surface area contributed by atoms with Gasteiger partial charge in [0.15, 0.2) is 10.6 Å². The fourth-order valence-electron chi connectivity index (χ4n) is 5.08. The van der Waals surface area contributed by atoms with Crippen molar-refractivity contribution in [2.75, 3.05) is 6.54 Å². The number of para-hydroxylation sites is 1. The van der Waals surface area contributed by atoms with E-state index in [1.54, 1.807) is 0 Å². The largest absolute Gasteiger partial charge is 0.573 e. The van der Waals surface area contributed by atoms with E-state index in [2.05, 4.69) is 58.0 Å². The van der Waals surface area contributed by atoms with E-state index in [1.807, 2.05) is 47.2 Å². The van der Waals surface area contributed by atoms with E-state index in [-0.39, 0.29) is 17.7 Å². The number of carbonyl (C=O) groups is 1. The standard InChI is InChI=1S/C33H33F3N6O2S/c1-21(9-6-18-37-31(43)39-32-42(24(4)19-45-32)29-22(2)7-5-8-23(29)3)25-10-12-26(13-11-25)30-38-20-41(40-30)27-14-16-28(17-15-27)44-33(34,35)36/h5,7-8,10-17,19-21H,6,9,18H2,1-4H3,(H,37,43). The third-order valence-corrected chi connectivity index (χ3v) is 8.34. The zero-order valence-electron chi connectivity index (χ0n) is 25.3. The molecule has 1 unspecified atom stereocenters. The number of thiazole rings is 1. The lowest BCUT2D eigenvalue weighted by molar-refractivity contribution is -0.274. The Morgan fingerprint density at radius 1 is 1.02 bits per heavy atom. The highest BCUT2D eigenvalue weighted by Gasteiger charge is 2.31. The minimum absolute atomic E-state index is 0.266. The number of ether oxygens (including phenoxy) is 1. The Morgan fingerprint density at radius 3 is 2.38 bits per heavy atom. The molecule has 234 valence electrons. The van der Waals surface area contributed by atoms with E-state index >= 15 is 0 Å². The Morgan fingerprint density at radius 2 is 1.71 bits per heavy atom. The third kappa shape index (κ3) is 7.88. The molecule has 0 bridgehead atoms. The average molecular weight is 635 g/mol. The number of carbonyl (C=O) groups excluding carboxylic acids is 1. The van der Waals surface area contributed by atoms with E-state index in [0.717, 1.165) is 46.5 Å². The summed E-state index contributed by atoms with van der Waals surface area (Å²) in [5.74, 6) is 0.460. The first-order chi connectivity index (χ1) is 21.5. The highest BCUT2D eigenvalue weighted by molar-refractivity contribution is 7.07. The van der Waals surface area contributed by atoms with Crippen molar-refractivity contribution < 1.29 is 22.7 Å². The van der Waals surface area contributed by atoms with Gasteiger partial charge in [0.2, 0.25) is 0 Å². The van der Waals surface area contributed by atoms with E-state index in [9.17, 15) is 18.0 Å². The van der Waals surface area contributed by atoms with Gasteiger partial charge in [-0.25, -0.2) is 14.5 Å². The molecule has 2 aromatic heterocycles. The first-order valence-electron chi connectivity index (χ1n) is 14.4. The first kappa shape index (κ1) is 31.7. The van der Waals surface area contributed by atoms with Crippen LogP contribution in [0.3, 0.4) is 0 Å². The monoisotopic (exact) mass is 634 g/mol. The molecule has 0 radical (unpaired) electrons. The number of urea groups is 1. The number of aryl methyl sites for hydroxylation is 3. The lowest BCUT2D eigenvalue weighted by Crippen LogP contribution is -2.26. The smallest absolute Gasteiger partial charge is 0.406 e. The SMILES string of the molecule is Cc1cccc(C)c1-n1c(C)csc1=NC(=O)NCCCC(C)c1ccc(-c2ncn(-c3ccc(OC(F)(F)F)cc3)n2)cc1. The number of aromatic nitrogens is 4. The quantitative estimate of drug-likeness (QED) is 0.168. The molecule has 0 spiro atoms. The minimum atomic E-state index is -4.74. The Balaban J connectivity index is 1.14. The Hall–Kier alpha value is -4.71. The summed E-state index contributed by atoms with van der Waals surface area (Å²) < 4.78 is 44.7. The molecule has 12 heteroatoms. The number of rotatable bonds is 9. The van der Waals surface area contributed by atoms with Crippen molar-refractivity contribution in [1.29, 1.82) is 0 Å². The van der Waals surface area contributed by atoms with Crippen LogP contribution < -0.4 is 14.9 Å². The summed E-state index contributed by atoms with van der Waals surface area (Å²) in [5.41, 5.74) is 6.85. The summed E-state index contributed by atoms with van der Waals surface area (Å²) in [6.45, 7) is 8.79. The molecule has 0 aliphatic heterocycles. The number of nitrogens with one attached hydrogen (secondary N) is 1. The van der Waals surface area contributed by atoms with E-state index < -0.39 is 6.36 Å². The Kier molecular flexibility index (Phi) is 9.52. The van der Waals surface area contributed by atoms with Crippen LogP contribution in [0.1, 0.15) is 48.1 Å². The molecular weight excluding hydrogens is 601 g/mol. The summed E-state index contributed by atoms with van der Waals surface area (Å²) in [7, 11) is 0. The molecule has 0 aliphatic carbocycles. The summed E-state index contributed by atoms with van der Waals surface area (Å²) in [6, 6.07) is 19.2. The number of alkyl halides is 3. The van der Waals surface area contributed by atoms with Crippen LogP contribution in [-0.2, 0) is 0 Å². The molecule has 2 heterocycles. The number of nitrogens with zero attached hydrogens (tertiary/aromatic N) is 5. The van der Waals surface area contributed by atoms with Crippen molar-refractivity contribution in [2.24, 2.45) is 4.99 Å². The predicted molar refractivity (Wildman–Crippen MR) is 168 cm³/mol. The van der Waals surface area contributed by atoms with Gasteiger partial charge in [0.25, 0.3) is 0 Å². The minimum Gasteiger partial charge on any atom is -0.406 e. The second-order valence-corrected chi connectivity index (χ2v) is 11.6. The maximum Gasteiger partial charge on any atom is 0.573 e. The Bertz CT molecular complexity index is 1820. The second-order valence-electron chi connectivity index (χ2n) is 10.8. The first-order valence-corrected chi connectivity index (χ1v) is 15.3. The number of hydrogen-bond acceptors (Lipinski definition) is 5. The fraction of sp³-hybridized carbons (Fsp3) is 0.273. The van der Waals surface area contributed by atoms with Crippen LogP contribution in [0.15, 0.2) is 83.4 Å². The van der Waals surface area contributed by atoms with Crippen molar-refractivity contribution in [3.63, 3.8) is 0 Å². The summed E-state index contributed by atoms with van der Waals surface area (Å²) >= 11 is 1.45. The number of benzene rings is 3. The van der Waals surface area contributed by atoms with Crippen molar-refractivity contribution in [1.82, 2.24) is 24.6 Å². The maximum absolute atomic E-state index is 12.7. The molecule has 0 fully saturated rings. The number of halogens is 3. The van der Waals surface area contributed by atoms with Crippen LogP contribution in [0, 0.1) is 20.8 Å². The van der Waals surface area contributed by atoms with E-state index in [0.29, 0.717) is 22.9 Å². The molecule has 5 aromatic rings. The van der Waals surface area contributed by atoms with Gasteiger partial charge >= 0.3 is 12.4 Å². The summed E-state index contributed by atoms with van der Waals surface area (Å²) in [6.07, 6.45) is -1.56. The van der Waals surface area contributed by atoms with Crippen molar-refractivity contribution in [3.8, 4) is 28.5 Å². The predicted octanol–water partition coefficient (Wildman–Crippen LogP) is 7.80. The molecule has 0 saturated carbocycles. The molecule has 1 atom stereocenters. The van der Waals surface area contributed by atoms with Gasteiger partial charge in [-0.05, 0) is 80.5 Å². The van der Waals surface area contributed by atoms with Crippen LogP contribution in [-0.4, -0.2) is 38.3 Å². The number of amides is 2. The maximum atomic E-state index is 12.7. The molecule has 0 aliphatic rings. The average Bonchev–Trinajstić information content (AvgIpc) is 3.62. The molecular formula is C33H33F3N6O2S. The molecule has 45 heavy (non-hydrogen) atoms. The zero-order valence-corrected chi connectivity index (χ0v) is 26.1. The lowest BCUT2D eigenvalue weighted by Gasteiger charge is -2.13.